The van der Waals surface area contributed by atoms with E-state index in [0.717, 1.165) is 75.1 Å². The molecule has 7 aromatic carbocycles. The van der Waals surface area contributed by atoms with Crippen molar-refractivity contribution in [3.63, 3.8) is 0 Å². The molecule has 25 heteroatoms. The summed E-state index contributed by atoms with van der Waals surface area (Å²) in [6.07, 6.45) is 11.0. The van der Waals surface area contributed by atoms with Crippen LogP contribution in [0.2, 0.25) is 0 Å². The number of hydrogen-bond acceptors (Lipinski definition) is 19. The molecular weight excluding hydrogens is 1850 g/mol. The van der Waals surface area contributed by atoms with Gasteiger partial charge in [0.1, 0.15) is 48.6 Å². The first-order valence-corrected chi connectivity index (χ1v) is 54.3. The summed E-state index contributed by atoms with van der Waals surface area (Å²) in [5.74, 6) is 0.132. The van der Waals surface area contributed by atoms with E-state index >= 15 is 0 Å². The maximum absolute atomic E-state index is 12.6. The number of ether oxygens (including phenoxy) is 8. The number of aromatic hydroxyl groups is 1. The van der Waals surface area contributed by atoms with E-state index in [2.05, 4.69) is 109 Å². The van der Waals surface area contributed by atoms with Crippen LogP contribution in [0.25, 0.3) is 32.7 Å². The summed E-state index contributed by atoms with van der Waals surface area (Å²) in [7, 11) is -1.91. The zero-order valence-corrected chi connectivity index (χ0v) is 94.2. The van der Waals surface area contributed by atoms with Gasteiger partial charge in [-0.25, -0.2) is 17.5 Å². The lowest BCUT2D eigenvalue weighted by Crippen LogP contribution is -2.56. The number of benzene rings is 7. The lowest BCUT2D eigenvalue weighted by atomic mass is 9.64. The Bertz CT molecular complexity index is 5860. The number of phenols is 1. The second-order valence-electron chi connectivity index (χ2n) is 50.3. The molecule has 3 saturated carbocycles. The molecule has 16 atom stereocenters. The maximum atomic E-state index is 12.6. The molecule has 7 heterocycles. The van der Waals surface area contributed by atoms with Crippen molar-refractivity contribution in [1.29, 1.82) is 0 Å². The lowest BCUT2D eigenvalue weighted by molar-refractivity contribution is -0.243. The van der Waals surface area contributed by atoms with Crippen LogP contribution in [0.15, 0.2) is 163 Å². The van der Waals surface area contributed by atoms with Gasteiger partial charge < -0.3 is 57.7 Å². The second kappa shape index (κ2) is 44.3. The van der Waals surface area contributed by atoms with Crippen molar-refractivity contribution in [2.45, 2.75) is 394 Å². The first kappa shape index (κ1) is 116. The largest absolute Gasteiger partial charge is 0.507 e. The van der Waals surface area contributed by atoms with Crippen molar-refractivity contribution in [2.75, 3.05) is 20.2 Å². The van der Waals surface area contributed by atoms with Gasteiger partial charge in [-0.15, -0.1) is 0 Å². The molecule has 7 aliphatic heterocycles. The van der Waals surface area contributed by atoms with Gasteiger partial charge in [-0.1, -0.05) is 271 Å². The zero-order chi connectivity index (χ0) is 108. The highest BCUT2D eigenvalue weighted by molar-refractivity contribution is 7.90. The Morgan fingerprint density at radius 1 is 0.524 bits per heavy atom. The summed E-state index contributed by atoms with van der Waals surface area (Å²) in [6.45, 7) is 66.1. The first-order valence-electron chi connectivity index (χ1n) is 52.8. The summed E-state index contributed by atoms with van der Waals surface area (Å²) in [5, 5.41) is 14.7. The third-order valence-corrected chi connectivity index (χ3v) is 33.1. The Hall–Kier alpha value is -9.63. The van der Waals surface area contributed by atoms with Crippen LogP contribution in [0.4, 0.5) is 4.79 Å². The summed E-state index contributed by atoms with van der Waals surface area (Å²) < 4.78 is 72.5. The fourth-order valence-electron chi connectivity index (χ4n) is 22.6. The van der Waals surface area contributed by atoms with Gasteiger partial charge in [-0.3, -0.25) is 38.5 Å². The number of nitrogens with zero attached hydrogens (tertiary/aromatic N) is 5. The quantitative estimate of drug-likeness (QED) is 0.0930. The van der Waals surface area contributed by atoms with Gasteiger partial charge >= 0.3 is 23.9 Å². The van der Waals surface area contributed by atoms with Gasteiger partial charge in [-0.05, 0) is 253 Å². The van der Waals surface area contributed by atoms with E-state index < -0.39 is 61.7 Å². The van der Waals surface area contributed by atoms with Gasteiger partial charge in [-0.2, -0.15) is 0 Å². The fourth-order valence-corrected chi connectivity index (χ4v) is 24.5. The third kappa shape index (κ3) is 25.2. The number of hydrogen-bond donors (Lipinski definition) is 1. The molecule has 145 heavy (non-hydrogen) atoms. The van der Waals surface area contributed by atoms with E-state index in [9.17, 15) is 51.9 Å². The predicted octanol–water partition coefficient (Wildman–Crippen LogP) is 25.3. The van der Waals surface area contributed by atoms with Crippen LogP contribution in [-0.4, -0.2) is 178 Å². The molecule has 6 saturated heterocycles. The van der Waals surface area contributed by atoms with Crippen molar-refractivity contribution in [3.8, 4) is 22.6 Å². The van der Waals surface area contributed by atoms with Crippen LogP contribution in [0.3, 0.4) is 0 Å². The molecule has 796 valence electrons. The van der Waals surface area contributed by atoms with Crippen LogP contribution in [0, 0.1) is 67.0 Å². The number of urea groups is 1. The van der Waals surface area contributed by atoms with E-state index in [1.165, 1.54) is 55.4 Å². The van der Waals surface area contributed by atoms with Crippen LogP contribution >= 0.6 is 0 Å². The van der Waals surface area contributed by atoms with Crippen molar-refractivity contribution >= 4 is 79.1 Å². The molecule has 1 N–H and O–H groups in total. The average molecular weight is 2020 g/mol. The highest BCUT2D eigenvalue weighted by Crippen LogP contribution is 2.71. The first-order chi connectivity index (χ1) is 67.1. The Labute approximate surface area is 865 Å². The molecule has 3 aliphatic carbocycles. The van der Waals surface area contributed by atoms with Gasteiger partial charge in [0.2, 0.25) is 23.6 Å². The van der Waals surface area contributed by atoms with E-state index in [1.807, 2.05) is 236 Å². The fraction of sp³-hybridized carbons (Fsp3) is 0.617. The molecular formula is C120H171N5O19S. The number of esters is 3. The van der Waals surface area contributed by atoms with Crippen molar-refractivity contribution in [3.05, 3.63) is 174 Å². The Kier molecular flexibility index (Phi) is 35.3. The topological polar surface area (TPSA) is 281 Å². The van der Waals surface area contributed by atoms with Crippen LogP contribution < -0.4 is 4.74 Å². The Morgan fingerprint density at radius 2 is 1.03 bits per heavy atom. The zero-order valence-electron chi connectivity index (χ0n) is 93.4. The van der Waals surface area contributed by atoms with Gasteiger partial charge in [0.25, 0.3) is 10.0 Å². The normalized spacial score (nSPS) is 26.7. The van der Waals surface area contributed by atoms with Crippen LogP contribution in [-0.2, 0) is 82.2 Å². The number of phenolic OH excluding ortho intramolecular Hbond substituents is 1. The number of amides is 6. The molecule has 6 amide bonds. The van der Waals surface area contributed by atoms with E-state index in [-0.39, 0.29) is 112 Å². The monoisotopic (exact) mass is 2020 g/mol. The number of rotatable bonds is 11. The van der Waals surface area contributed by atoms with Crippen molar-refractivity contribution < 1.29 is 89.8 Å². The number of likely N-dealkylation sites (tertiary alicyclic amines) is 2. The highest BCUT2D eigenvalue weighted by atomic mass is 32.2. The SMILES string of the molecule is CC(C)(C)C(=O)N1CCC23CCC(CC12)C3(C)C.CC(C)(C)C(=O)Oc1ccc2ccccc2c1-c1c(O)ccc2ccccc12.CC(C)C(=O)N1[C@H](C)c2ccccc2S1(=O)=O.CC1(C)OC2O[C@H](COC(=O)C(C)(C)C)[C@@H]3OC(C)(C)O[C@@H]3C2O1.CC1C(c2ccccc2)N(C(=O)C(C)(C)C)C(=O)N1C.CC1CCC(C(C)(C)c2ccccc2)C(OC(=O)C(C)(C)C)C1.CC[C@@H]1CC[C@@H](CC)N1C(=O)C(C)(C)C. The van der Waals surface area contributed by atoms with Crippen LogP contribution in [0.5, 0.6) is 11.5 Å². The Balaban J connectivity index is 0.000000162. The number of likely N-dealkylation sites (N-methyl/N-ethyl adjacent to an activating group) is 1. The molecule has 9 fully saturated rings. The van der Waals surface area contributed by atoms with E-state index in [0.29, 0.717) is 69.5 Å². The molecule has 1 spiro atoms. The van der Waals surface area contributed by atoms with Gasteiger partial charge in [0.05, 0.1) is 39.3 Å². The van der Waals surface area contributed by atoms with E-state index in [4.69, 9.17) is 37.9 Å². The van der Waals surface area contributed by atoms with Gasteiger partial charge in [0.15, 0.2) is 17.9 Å². The highest BCUT2D eigenvalue weighted by Gasteiger charge is 2.69. The summed E-state index contributed by atoms with van der Waals surface area (Å²) >= 11 is 0. The molecule has 24 nitrogen and oxygen atoms in total. The standard InChI is InChI=1S/C25H22O3.C21H32O2.C17H28O7.C16H22N2O2.C16H27NO.C13H25NO.C12H15NO3S/c1-25(2,3)24(27)28-21-15-13-17-9-5-7-11-19(17)23(21)22-18-10-6-4-8-16(18)12-14-20(22)26;1-15-12-13-17(18(14-15)23-19(22)20(2,3)4)21(5,6)16-10-8-7-9-11-16;1-15(2,3)14(18)19-8-9-10-11(22-16(4,5)21-10)12-13(20-9)24-17(6,7)23-12;1-11-13(12-9-7-6-8-10-12)18(15(20)17(11)5)14(19)16(2,3)4;1-14(2,3)13(18)17-9-8-16-7-6-11(10-12(16)17)15(16,4)5;1-6-10-8-9-11(7-2)14(10)12(15)13(3,4)5;1-8(2)12(14)13-9(3)10-6-4-5-7-11(10)17(13,15)16/h4-15,26H,1-3H3;7-11,15,17-18H,12-14H2,1-6H3;9-13H,8H2,1-7H3;6-11,13H,1-5H3;11-12H,6-10H2,1-5H3;10-11H,6-9H2,1-5H3;4-9H,1-3H3/t;;9-,10+,11+,12?,13?;;;10-,11-;9-/m..1..11/s1. The summed E-state index contributed by atoms with van der Waals surface area (Å²) in [6, 6.07) is 50.9. The minimum Gasteiger partial charge on any atom is -0.507 e. The molecule has 7 aromatic rings. The summed E-state index contributed by atoms with van der Waals surface area (Å²) in [4.78, 5) is 107. The maximum Gasteiger partial charge on any atom is 0.327 e. The smallest absolute Gasteiger partial charge is 0.327 e. The minimum atomic E-state index is -3.66. The average Bonchev–Trinajstić information content (AvgIpc) is 1.52. The number of fused-ring (bicyclic) bond motifs is 7. The molecule has 0 radical (unpaired) electrons. The van der Waals surface area contributed by atoms with E-state index in [1.54, 1.807) is 63.1 Å². The molecule has 2 bridgehead atoms. The second-order valence-corrected chi connectivity index (χ2v) is 52.1. The van der Waals surface area contributed by atoms with Crippen molar-refractivity contribution in [1.82, 2.24) is 23.9 Å². The molecule has 17 rings (SSSR count). The predicted molar refractivity (Wildman–Crippen MR) is 571 cm³/mol. The number of carbonyl (C=O) groups excluding carboxylic acids is 8. The lowest BCUT2D eigenvalue weighted by Gasteiger charge is -2.44. The number of imide groups is 1. The summed E-state index contributed by atoms with van der Waals surface area (Å²) in [5.41, 5.74) is 2.64. The minimum absolute atomic E-state index is 0.00420. The molecule has 10 unspecified atom stereocenters. The van der Waals surface area contributed by atoms with Crippen molar-refractivity contribution in [2.24, 2.45) is 67.0 Å². The van der Waals surface area contributed by atoms with Gasteiger partial charge in [0, 0.05) is 70.9 Å². The number of sulfonamides is 1. The van der Waals surface area contributed by atoms with Crippen LogP contribution in [0.1, 0.15) is 328 Å². The Morgan fingerprint density at radius 3 is 1.56 bits per heavy atom. The molecule has 10 aliphatic rings. The molecule has 0 aromatic heterocycles. The number of carbonyl (C=O) groups is 8. The third-order valence-electron chi connectivity index (χ3n) is 31.2.